The van der Waals surface area contributed by atoms with Gasteiger partial charge in [-0.1, -0.05) is 23.4 Å². The molecule has 2 atom stereocenters. The number of aromatic nitrogens is 3. The molecule has 3 aromatic heterocycles. The fraction of sp³-hybridized carbons (Fsp3) is 0.167. The molecule has 36 heavy (non-hydrogen) atoms. The number of aliphatic hydroxyl groups is 1. The summed E-state index contributed by atoms with van der Waals surface area (Å²) in [4.78, 5) is 3.32. The van der Waals surface area contributed by atoms with Crippen LogP contribution >= 0.6 is 11.6 Å². The molecule has 0 radical (unpaired) electrons. The summed E-state index contributed by atoms with van der Waals surface area (Å²) in [7, 11) is -4.41. The number of hydrogen-bond donors (Lipinski definition) is 2. The van der Waals surface area contributed by atoms with E-state index in [1.54, 1.807) is 29.0 Å². The number of halogens is 3. The van der Waals surface area contributed by atoms with E-state index in [1.807, 2.05) is 0 Å². The molecule has 1 aliphatic rings. The highest BCUT2D eigenvalue weighted by Gasteiger charge is 2.24. The van der Waals surface area contributed by atoms with Gasteiger partial charge in [0.05, 0.1) is 48.2 Å². The molecule has 12 heteroatoms. The van der Waals surface area contributed by atoms with Crippen LogP contribution in [-0.2, 0) is 14.8 Å². The zero-order valence-corrected chi connectivity index (χ0v) is 19.9. The predicted molar refractivity (Wildman–Crippen MR) is 128 cm³/mol. The van der Waals surface area contributed by atoms with Gasteiger partial charge < -0.3 is 9.84 Å². The highest BCUT2D eigenvalue weighted by Crippen LogP contribution is 2.30. The number of benzene rings is 1. The first-order valence-electron chi connectivity index (χ1n) is 10.6. The Morgan fingerprint density at radius 3 is 2.72 bits per heavy atom. The zero-order valence-electron chi connectivity index (χ0n) is 18.3. The Hall–Kier alpha value is -3.56. The van der Waals surface area contributed by atoms with Crippen LogP contribution in [0.15, 0.2) is 59.9 Å². The molecular weight excluding hydrogens is 514 g/mol. The van der Waals surface area contributed by atoms with Crippen molar-refractivity contribution in [1.82, 2.24) is 14.6 Å². The van der Waals surface area contributed by atoms with E-state index in [1.165, 1.54) is 12.3 Å². The van der Waals surface area contributed by atoms with Gasteiger partial charge in [0.1, 0.15) is 16.5 Å². The molecule has 5 rings (SSSR count). The van der Waals surface area contributed by atoms with Crippen LogP contribution in [0.2, 0.25) is 5.15 Å². The standard InChI is InChI=1S/C24H17ClF2N4O4S/c25-24-20(30-36(33,34)23-4-3-18(26)9-19(23)27)7-17(10-28-24)14-5-6-31-21(8-14)15(11-29-31)1-2-16-12-35-13-22(16)32/h3-11,16,22,30,32H,12-13H2. The van der Waals surface area contributed by atoms with Crippen LogP contribution in [0.4, 0.5) is 14.5 Å². The minimum atomic E-state index is -4.41. The Balaban J connectivity index is 1.48. The molecule has 0 bridgehead atoms. The monoisotopic (exact) mass is 530 g/mol. The summed E-state index contributed by atoms with van der Waals surface area (Å²) in [5.74, 6) is 3.62. The topological polar surface area (TPSA) is 106 Å². The second kappa shape index (κ2) is 9.48. The van der Waals surface area contributed by atoms with Crippen molar-refractivity contribution in [1.29, 1.82) is 0 Å². The van der Waals surface area contributed by atoms with Gasteiger partial charge in [-0.3, -0.25) is 4.72 Å². The van der Waals surface area contributed by atoms with Crippen LogP contribution in [0, 0.1) is 29.4 Å². The van der Waals surface area contributed by atoms with E-state index in [4.69, 9.17) is 16.3 Å². The average Bonchev–Trinajstić information content (AvgIpc) is 3.43. The SMILES string of the molecule is O=S(=O)(Nc1cc(-c2ccn3ncc(C#CC4COCC4O)c3c2)cnc1Cl)c1ccc(F)cc1F. The van der Waals surface area contributed by atoms with Crippen molar-refractivity contribution in [3.63, 3.8) is 0 Å². The van der Waals surface area contributed by atoms with Crippen LogP contribution in [0.1, 0.15) is 5.56 Å². The normalized spacial score (nSPS) is 17.7. The van der Waals surface area contributed by atoms with Gasteiger partial charge in [0.15, 0.2) is 5.15 Å². The Bertz CT molecular complexity index is 1650. The highest BCUT2D eigenvalue weighted by molar-refractivity contribution is 7.92. The van der Waals surface area contributed by atoms with Crippen LogP contribution in [0.25, 0.3) is 16.6 Å². The number of rotatable bonds is 4. The molecule has 2 N–H and O–H groups in total. The first-order chi connectivity index (χ1) is 17.2. The molecule has 1 fully saturated rings. The Labute approximate surface area is 209 Å². The number of anilines is 1. The highest BCUT2D eigenvalue weighted by atomic mass is 35.5. The molecular formula is C24H17ClF2N4O4S. The lowest BCUT2D eigenvalue weighted by Gasteiger charge is -2.12. The van der Waals surface area contributed by atoms with Crippen molar-refractivity contribution in [2.45, 2.75) is 11.0 Å². The zero-order chi connectivity index (χ0) is 25.4. The number of fused-ring (bicyclic) bond motifs is 1. The number of aliphatic hydroxyl groups excluding tert-OH is 1. The van der Waals surface area contributed by atoms with Crippen molar-refractivity contribution >= 4 is 32.8 Å². The maximum atomic E-state index is 14.1. The summed E-state index contributed by atoms with van der Waals surface area (Å²) < 4.78 is 61.8. The van der Waals surface area contributed by atoms with E-state index < -0.39 is 32.7 Å². The predicted octanol–water partition coefficient (Wildman–Crippen LogP) is 3.49. The molecule has 0 spiro atoms. The second-order valence-electron chi connectivity index (χ2n) is 8.03. The summed E-state index contributed by atoms with van der Waals surface area (Å²) in [5, 5.41) is 14.0. The molecule has 0 saturated carbocycles. The van der Waals surface area contributed by atoms with Gasteiger partial charge in [-0.25, -0.2) is 26.7 Å². The van der Waals surface area contributed by atoms with Crippen molar-refractivity contribution < 1.29 is 27.0 Å². The van der Waals surface area contributed by atoms with Crippen molar-refractivity contribution in [3.8, 4) is 23.0 Å². The van der Waals surface area contributed by atoms with Crippen LogP contribution < -0.4 is 4.72 Å². The van der Waals surface area contributed by atoms with Gasteiger partial charge in [0.2, 0.25) is 0 Å². The van der Waals surface area contributed by atoms with Gasteiger partial charge in [0, 0.05) is 24.0 Å². The summed E-state index contributed by atoms with van der Waals surface area (Å²) in [6.07, 6.45) is 4.12. The van der Waals surface area contributed by atoms with Crippen LogP contribution in [-0.4, -0.2) is 47.4 Å². The second-order valence-corrected chi connectivity index (χ2v) is 10.0. The van der Waals surface area contributed by atoms with E-state index in [-0.39, 0.29) is 23.4 Å². The minimum Gasteiger partial charge on any atom is -0.389 e. The fourth-order valence-corrected chi connectivity index (χ4v) is 5.00. The number of pyridine rings is 2. The quantitative estimate of drug-likeness (QED) is 0.309. The number of sulfonamides is 1. The maximum Gasteiger partial charge on any atom is 0.264 e. The van der Waals surface area contributed by atoms with E-state index in [9.17, 15) is 22.3 Å². The van der Waals surface area contributed by atoms with Gasteiger partial charge in [-0.05, 0) is 35.9 Å². The minimum absolute atomic E-state index is 0.0819. The number of ether oxygens (including phenoxy) is 1. The lowest BCUT2D eigenvalue weighted by Crippen LogP contribution is -2.15. The summed E-state index contributed by atoms with van der Waals surface area (Å²) in [6.45, 7) is 0.608. The summed E-state index contributed by atoms with van der Waals surface area (Å²) in [5.41, 5.74) is 2.40. The van der Waals surface area contributed by atoms with E-state index in [2.05, 4.69) is 26.6 Å². The summed E-state index contributed by atoms with van der Waals surface area (Å²) >= 11 is 6.11. The molecule has 0 amide bonds. The third-order valence-corrected chi connectivity index (χ3v) is 7.26. The molecule has 8 nitrogen and oxygen atoms in total. The van der Waals surface area contributed by atoms with Gasteiger partial charge in [0.25, 0.3) is 10.0 Å². The van der Waals surface area contributed by atoms with Crippen LogP contribution in [0.3, 0.4) is 0 Å². The van der Waals surface area contributed by atoms with Crippen LogP contribution in [0.5, 0.6) is 0 Å². The Morgan fingerprint density at radius 1 is 1.14 bits per heavy atom. The first-order valence-corrected chi connectivity index (χ1v) is 12.5. The lowest BCUT2D eigenvalue weighted by molar-refractivity contribution is 0.123. The number of hydrogen-bond acceptors (Lipinski definition) is 6. The third-order valence-electron chi connectivity index (χ3n) is 5.56. The largest absolute Gasteiger partial charge is 0.389 e. The summed E-state index contributed by atoms with van der Waals surface area (Å²) in [6, 6.07) is 7.14. The number of nitrogens with zero attached hydrogens (tertiary/aromatic N) is 3. The smallest absolute Gasteiger partial charge is 0.264 e. The molecule has 2 unspecified atom stereocenters. The number of nitrogens with one attached hydrogen (secondary N) is 1. The average molecular weight is 531 g/mol. The van der Waals surface area contributed by atoms with Gasteiger partial charge in [-0.15, -0.1) is 0 Å². The molecule has 4 aromatic rings. The molecule has 1 aromatic carbocycles. The lowest BCUT2D eigenvalue weighted by atomic mass is 10.1. The van der Waals surface area contributed by atoms with Crippen molar-refractivity contribution in [3.05, 3.63) is 77.3 Å². The van der Waals surface area contributed by atoms with Gasteiger partial charge in [-0.2, -0.15) is 5.10 Å². The molecule has 4 heterocycles. The Kier molecular flexibility index (Phi) is 6.36. The molecule has 184 valence electrons. The van der Waals surface area contributed by atoms with Crippen molar-refractivity contribution in [2.24, 2.45) is 5.92 Å². The first kappa shape index (κ1) is 24.1. The molecule has 1 aliphatic heterocycles. The van der Waals surface area contributed by atoms with Gasteiger partial charge >= 0.3 is 0 Å². The van der Waals surface area contributed by atoms with Crippen molar-refractivity contribution in [2.75, 3.05) is 17.9 Å². The van der Waals surface area contributed by atoms with E-state index in [0.29, 0.717) is 34.9 Å². The fourth-order valence-electron chi connectivity index (χ4n) is 3.68. The van der Waals surface area contributed by atoms with E-state index >= 15 is 0 Å². The molecule has 1 saturated heterocycles. The molecule has 0 aliphatic carbocycles. The third kappa shape index (κ3) is 4.76. The Morgan fingerprint density at radius 2 is 1.97 bits per heavy atom. The van der Waals surface area contributed by atoms with E-state index in [0.717, 1.165) is 12.1 Å². The maximum absolute atomic E-state index is 14.1.